The normalized spacial score (nSPS) is 13.8. The fraction of sp³-hybridized carbons (Fsp3) is 0.273. The fourth-order valence-corrected chi connectivity index (χ4v) is 3.80. The molecule has 1 aliphatic rings. The first-order valence-electron chi connectivity index (χ1n) is 10.3. The monoisotopic (exact) mass is 428 g/mol. The number of fused-ring (bicyclic) bond motifs is 1. The van der Waals surface area contributed by atoms with Crippen LogP contribution in [-0.4, -0.2) is 38.4 Å². The first kappa shape index (κ1) is 19.3. The van der Waals surface area contributed by atoms with Crippen LogP contribution in [-0.2, 0) is 0 Å². The summed E-state index contributed by atoms with van der Waals surface area (Å²) < 4.78 is 0. The van der Waals surface area contributed by atoms with Gasteiger partial charge in [-0.3, -0.25) is 10.2 Å². The Balaban J connectivity index is 1.57. The summed E-state index contributed by atoms with van der Waals surface area (Å²) in [5.74, 6) is 4.57. The maximum Gasteiger partial charge on any atom is 0.229 e. The molecule has 0 bridgehead atoms. The van der Waals surface area contributed by atoms with Crippen molar-refractivity contribution < 1.29 is 0 Å². The van der Waals surface area contributed by atoms with Crippen molar-refractivity contribution in [1.29, 1.82) is 0 Å². The van der Waals surface area contributed by atoms with Crippen molar-refractivity contribution in [1.82, 2.24) is 30.4 Å². The molecule has 1 aromatic carbocycles. The molecule has 1 fully saturated rings. The number of hydrogen-bond donors (Lipinski definition) is 4. The molecule has 9 heteroatoms. The van der Waals surface area contributed by atoms with E-state index in [9.17, 15) is 0 Å². The van der Waals surface area contributed by atoms with E-state index in [0.29, 0.717) is 28.9 Å². The van der Waals surface area contributed by atoms with Crippen molar-refractivity contribution in [3.8, 4) is 22.9 Å². The number of aromatic nitrogens is 6. The number of nitrogens with zero attached hydrogens (tertiary/aromatic N) is 4. The largest absolute Gasteiger partial charge is 0.382 e. The van der Waals surface area contributed by atoms with E-state index >= 15 is 0 Å². The summed E-state index contributed by atoms with van der Waals surface area (Å²) in [7, 11) is -1.61. The molecule has 5 rings (SSSR count). The molecule has 8 nitrogen and oxygen atoms in total. The molecule has 0 saturated heterocycles. The second-order valence-electron chi connectivity index (χ2n) is 8.94. The van der Waals surface area contributed by atoms with Crippen molar-refractivity contribution in [2.75, 3.05) is 11.1 Å². The highest BCUT2D eigenvalue weighted by Gasteiger charge is 2.26. The van der Waals surface area contributed by atoms with Crippen LogP contribution < -0.4 is 11.1 Å². The Hall–Kier alpha value is -3.64. The second kappa shape index (κ2) is 7.25. The molecule has 0 spiro atoms. The highest BCUT2D eigenvalue weighted by Crippen LogP contribution is 2.40. The first-order chi connectivity index (χ1) is 14.9. The lowest BCUT2D eigenvalue weighted by Crippen LogP contribution is -2.16. The van der Waals surface area contributed by atoms with Crippen molar-refractivity contribution in [2.45, 2.75) is 38.4 Å². The molecule has 156 valence electrons. The lowest BCUT2D eigenvalue weighted by Gasteiger charge is -2.10. The Bertz CT molecular complexity index is 1330. The molecule has 31 heavy (non-hydrogen) atoms. The Morgan fingerprint density at radius 3 is 2.74 bits per heavy atom. The number of rotatable bonds is 4. The molecular weight excluding hydrogens is 404 g/mol. The molecule has 3 heterocycles. The van der Waals surface area contributed by atoms with E-state index in [4.69, 9.17) is 10.7 Å². The number of hydrogen-bond acceptors (Lipinski definition) is 6. The average molecular weight is 429 g/mol. The molecule has 0 amide bonds. The lowest BCUT2D eigenvalue weighted by molar-refractivity contribution is 0.965. The Morgan fingerprint density at radius 2 is 1.97 bits per heavy atom. The minimum absolute atomic E-state index is 0.346. The molecule has 5 N–H and O–H groups in total. The Morgan fingerprint density at radius 1 is 1.13 bits per heavy atom. The summed E-state index contributed by atoms with van der Waals surface area (Å²) in [6.07, 6.45) is 4.16. The molecular formula is C22H24N8Si. The van der Waals surface area contributed by atoms with E-state index in [2.05, 4.69) is 67.9 Å². The van der Waals surface area contributed by atoms with Gasteiger partial charge in [0, 0.05) is 22.7 Å². The zero-order chi connectivity index (χ0) is 21.6. The standard InChI is InChI=1S/C22H24N8Si/c1-31(2,3)9-8-16-20(19-11-18(29-30-19)13-4-5-13)26-22(27-21(16)23)25-15-6-7-17-14(10-15)12-24-28-17/h6-7,10-13H,4-5H2,1-3H3,(H,24,28)(H,29,30)(H3,23,25,26,27). The molecule has 0 unspecified atom stereocenters. The van der Waals surface area contributed by atoms with Gasteiger partial charge >= 0.3 is 0 Å². The van der Waals surface area contributed by atoms with Gasteiger partial charge in [-0.15, -0.1) is 5.54 Å². The van der Waals surface area contributed by atoms with Gasteiger partial charge in [-0.2, -0.15) is 15.2 Å². The fourth-order valence-electron chi connectivity index (χ4n) is 3.30. The van der Waals surface area contributed by atoms with E-state index in [1.807, 2.05) is 18.2 Å². The summed E-state index contributed by atoms with van der Waals surface area (Å²) >= 11 is 0. The van der Waals surface area contributed by atoms with Crippen LogP contribution in [0, 0.1) is 11.5 Å². The summed E-state index contributed by atoms with van der Waals surface area (Å²) in [5, 5.41) is 18.9. The second-order valence-corrected chi connectivity index (χ2v) is 13.7. The Labute approximate surface area is 181 Å². The van der Waals surface area contributed by atoms with Gasteiger partial charge in [0.05, 0.1) is 17.3 Å². The van der Waals surface area contributed by atoms with E-state index in [1.54, 1.807) is 6.20 Å². The van der Waals surface area contributed by atoms with E-state index in [1.165, 1.54) is 12.8 Å². The van der Waals surface area contributed by atoms with Crippen LogP contribution in [0.25, 0.3) is 22.3 Å². The van der Waals surface area contributed by atoms with Crippen LogP contribution in [0.3, 0.4) is 0 Å². The first-order valence-corrected chi connectivity index (χ1v) is 13.8. The minimum atomic E-state index is -1.61. The topological polar surface area (TPSA) is 121 Å². The lowest BCUT2D eigenvalue weighted by atomic mass is 10.1. The van der Waals surface area contributed by atoms with Gasteiger partial charge in [0.1, 0.15) is 25.3 Å². The molecule has 1 saturated carbocycles. The highest BCUT2D eigenvalue weighted by molar-refractivity contribution is 6.83. The summed E-state index contributed by atoms with van der Waals surface area (Å²) in [6, 6.07) is 7.94. The van der Waals surface area contributed by atoms with Crippen LogP contribution in [0.4, 0.5) is 17.5 Å². The number of nitrogens with two attached hydrogens (primary N) is 1. The SMILES string of the molecule is C[Si](C)(C)C#Cc1c(N)nc(Nc2ccc3[nH]ncc3c2)nc1-c1cc(C2CC2)[nH]n1. The molecule has 0 atom stereocenters. The molecule has 0 radical (unpaired) electrons. The van der Waals surface area contributed by atoms with Crippen LogP contribution in [0.2, 0.25) is 19.6 Å². The number of benzene rings is 1. The number of anilines is 3. The predicted octanol–water partition coefficient (Wildman–Crippen LogP) is 4.18. The van der Waals surface area contributed by atoms with Crippen LogP contribution in [0.5, 0.6) is 0 Å². The Kier molecular flexibility index (Phi) is 4.52. The summed E-state index contributed by atoms with van der Waals surface area (Å²) in [4.78, 5) is 9.25. The zero-order valence-electron chi connectivity index (χ0n) is 17.7. The van der Waals surface area contributed by atoms with Crippen molar-refractivity contribution in [3.05, 3.63) is 41.7 Å². The van der Waals surface area contributed by atoms with Crippen molar-refractivity contribution in [3.63, 3.8) is 0 Å². The molecule has 1 aliphatic carbocycles. The third-order valence-corrected chi connectivity index (χ3v) is 5.93. The quantitative estimate of drug-likeness (QED) is 0.286. The number of H-pyrrole nitrogens is 2. The third kappa shape index (κ3) is 4.15. The number of aromatic amines is 2. The molecule has 4 aromatic rings. The smallest absolute Gasteiger partial charge is 0.229 e. The highest BCUT2D eigenvalue weighted by atomic mass is 28.3. The molecule has 3 aromatic heterocycles. The van der Waals surface area contributed by atoms with Gasteiger partial charge in [0.2, 0.25) is 5.95 Å². The average Bonchev–Trinajstić information content (AvgIpc) is 3.25. The molecule has 0 aliphatic heterocycles. The zero-order valence-corrected chi connectivity index (χ0v) is 18.7. The summed E-state index contributed by atoms with van der Waals surface area (Å²) in [5.41, 5.74) is 14.7. The van der Waals surface area contributed by atoms with Gasteiger partial charge in [-0.05, 0) is 37.1 Å². The maximum atomic E-state index is 6.36. The predicted molar refractivity (Wildman–Crippen MR) is 126 cm³/mol. The van der Waals surface area contributed by atoms with Crippen LogP contribution in [0.15, 0.2) is 30.5 Å². The maximum absolute atomic E-state index is 6.36. The van der Waals surface area contributed by atoms with Gasteiger partial charge in [0.15, 0.2) is 0 Å². The van der Waals surface area contributed by atoms with Gasteiger partial charge in [0.25, 0.3) is 0 Å². The van der Waals surface area contributed by atoms with Crippen LogP contribution in [0.1, 0.15) is 30.0 Å². The number of nitrogen functional groups attached to an aromatic ring is 1. The van der Waals surface area contributed by atoms with Crippen LogP contribution >= 0.6 is 0 Å². The van der Waals surface area contributed by atoms with E-state index in [-0.39, 0.29) is 0 Å². The minimum Gasteiger partial charge on any atom is -0.382 e. The summed E-state index contributed by atoms with van der Waals surface area (Å²) in [6.45, 7) is 6.58. The number of nitrogens with one attached hydrogen (secondary N) is 3. The third-order valence-electron chi connectivity index (χ3n) is 5.05. The van der Waals surface area contributed by atoms with E-state index < -0.39 is 8.07 Å². The van der Waals surface area contributed by atoms with Gasteiger partial charge < -0.3 is 11.1 Å². The van der Waals surface area contributed by atoms with Crippen molar-refractivity contribution in [2.24, 2.45) is 0 Å². The van der Waals surface area contributed by atoms with Gasteiger partial charge in [-0.25, -0.2) is 4.98 Å². The van der Waals surface area contributed by atoms with Gasteiger partial charge in [-0.1, -0.05) is 25.6 Å². The van der Waals surface area contributed by atoms with Crippen molar-refractivity contribution >= 4 is 36.4 Å². The van der Waals surface area contributed by atoms with E-state index in [0.717, 1.165) is 28.0 Å².